The number of nitrogens with one attached hydrogen (secondary N) is 1. The van der Waals surface area contributed by atoms with Crippen molar-refractivity contribution in [2.45, 2.75) is 6.04 Å². The summed E-state index contributed by atoms with van der Waals surface area (Å²) in [6.07, 6.45) is 0. The Labute approximate surface area is 71.3 Å². The van der Waals surface area contributed by atoms with Gasteiger partial charge in [0.25, 0.3) is 0 Å². The predicted molar refractivity (Wildman–Crippen MR) is 44.7 cm³/mol. The average Bonchev–Trinajstić information content (AvgIpc) is 2.03. The van der Waals surface area contributed by atoms with Crippen molar-refractivity contribution in [3.63, 3.8) is 0 Å². The molecule has 0 aromatic heterocycles. The number of hydrogen-bond donors (Lipinski definition) is 3. The number of methoxy groups -OCH3 is 1. The van der Waals surface area contributed by atoms with Crippen LogP contribution in [0.4, 0.5) is 0 Å². The molecule has 4 nitrogen and oxygen atoms in total. The van der Waals surface area contributed by atoms with Gasteiger partial charge in [0.2, 0.25) is 5.91 Å². The summed E-state index contributed by atoms with van der Waals surface area (Å²) in [6.45, 7) is 0.198. The summed E-state index contributed by atoms with van der Waals surface area (Å²) in [5, 5.41) is 11.2. The van der Waals surface area contributed by atoms with E-state index < -0.39 is 0 Å². The van der Waals surface area contributed by atoms with Gasteiger partial charge in [0.1, 0.15) is 0 Å². The lowest BCUT2D eigenvalue weighted by atomic mass is 10.3. The van der Waals surface area contributed by atoms with Crippen molar-refractivity contribution in [1.29, 1.82) is 0 Å². The lowest BCUT2D eigenvalue weighted by molar-refractivity contribution is -0.119. The number of carbonyl (C=O) groups is 1. The summed E-state index contributed by atoms with van der Waals surface area (Å²) >= 11 is 3.76. The molecule has 0 spiro atoms. The van der Waals surface area contributed by atoms with E-state index in [0.29, 0.717) is 6.61 Å². The number of thiol groups is 1. The molecule has 0 aliphatic rings. The van der Waals surface area contributed by atoms with Crippen LogP contribution in [0.3, 0.4) is 0 Å². The first-order valence-electron chi connectivity index (χ1n) is 3.24. The minimum Gasteiger partial charge on any atom is -0.394 e. The van der Waals surface area contributed by atoms with Crippen molar-refractivity contribution < 1.29 is 14.6 Å². The van der Waals surface area contributed by atoms with E-state index >= 15 is 0 Å². The Morgan fingerprint density at radius 1 is 1.82 bits per heavy atom. The van der Waals surface area contributed by atoms with E-state index in [1.54, 1.807) is 0 Å². The van der Waals surface area contributed by atoms with Crippen molar-refractivity contribution in [1.82, 2.24) is 5.32 Å². The normalized spacial score (nSPS) is 12.6. The van der Waals surface area contributed by atoms with Crippen LogP contribution in [0.1, 0.15) is 0 Å². The molecule has 0 fully saturated rings. The fourth-order valence-corrected chi connectivity index (χ4v) is 0.706. The zero-order valence-corrected chi connectivity index (χ0v) is 7.30. The summed E-state index contributed by atoms with van der Waals surface area (Å²) < 4.78 is 4.74. The highest BCUT2D eigenvalue weighted by Gasteiger charge is 2.08. The first-order chi connectivity index (χ1) is 5.24. The average molecular weight is 179 g/mol. The smallest absolute Gasteiger partial charge is 0.230 e. The van der Waals surface area contributed by atoms with Crippen molar-refractivity contribution >= 4 is 18.5 Å². The zero-order chi connectivity index (χ0) is 8.69. The topological polar surface area (TPSA) is 58.6 Å². The van der Waals surface area contributed by atoms with E-state index in [-0.39, 0.29) is 24.3 Å². The van der Waals surface area contributed by atoms with Crippen LogP contribution in [0.25, 0.3) is 0 Å². The van der Waals surface area contributed by atoms with Crippen LogP contribution < -0.4 is 5.32 Å². The van der Waals surface area contributed by atoms with Gasteiger partial charge in [0, 0.05) is 7.11 Å². The molecule has 0 bridgehead atoms. The Balaban J connectivity index is 3.58. The lowest BCUT2D eigenvalue weighted by Crippen LogP contribution is -2.41. The number of carbonyl (C=O) groups excluding carboxylic acids is 1. The van der Waals surface area contributed by atoms with Gasteiger partial charge < -0.3 is 15.2 Å². The maximum atomic E-state index is 10.7. The Bertz CT molecular complexity index is 120. The molecule has 0 aliphatic carbocycles. The van der Waals surface area contributed by atoms with Crippen LogP contribution in [0, 0.1) is 0 Å². The molecular weight excluding hydrogens is 166 g/mol. The standard InChI is InChI=1S/C6H13NO3S/c1-10-3-5(2-8)7-6(9)4-11/h5,8,11H,2-4H2,1H3,(H,7,9). The quantitative estimate of drug-likeness (QED) is 0.476. The summed E-state index contributed by atoms with van der Waals surface area (Å²) in [6, 6.07) is -0.320. The van der Waals surface area contributed by atoms with Crippen LogP contribution in [0.5, 0.6) is 0 Å². The second-order valence-corrected chi connectivity index (χ2v) is 2.38. The Morgan fingerprint density at radius 2 is 2.45 bits per heavy atom. The molecule has 0 saturated carbocycles. The maximum absolute atomic E-state index is 10.7. The van der Waals surface area contributed by atoms with E-state index in [9.17, 15) is 4.79 Å². The lowest BCUT2D eigenvalue weighted by Gasteiger charge is -2.13. The number of aliphatic hydroxyl groups is 1. The molecule has 0 aromatic carbocycles. The highest BCUT2D eigenvalue weighted by Crippen LogP contribution is 1.84. The molecule has 0 rings (SSSR count). The summed E-state index contributed by atoms with van der Waals surface area (Å²) in [5.74, 6) is -0.0790. The third kappa shape index (κ3) is 5.06. The molecule has 2 N–H and O–H groups in total. The van der Waals surface area contributed by atoms with Gasteiger partial charge in [-0.05, 0) is 0 Å². The van der Waals surface area contributed by atoms with E-state index in [0.717, 1.165) is 0 Å². The maximum Gasteiger partial charge on any atom is 0.230 e. The molecular formula is C6H13NO3S. The molecule has 1 unspecified atom stereocenters. The largest absolute Gasteiger partial charge is 0.394 e. The van der Waals surface area contributed by atoms with Gasteiger partial charge in [-0.1, -0.05) is 0 Å². The third-order valence-electron chi connectivity index (χ3n) is 1.10. The van der Waals surface area contributed by atoms with Gasteiger partial charge in [0.05, 0.1) is 25.0 Å². The Kier molecular flexibility index (Phi) is 6.30. The number of rotatable bonds is 5. The molecule has 66 valence electrons. The summed E-state index contributed by atoms with van der Waals surface area (Å²) in [7, 11) is 1.51. The van der Waals surface area contributed by atoms with Crippen LogP contribution in [-0.4, -0.2) is 43.1 Å². The molecule has 0 aliphatic heterocycles. The second kappa shape index (κ2) is 6.45. The molecule has 11 heavy (non-hydrogen) atoms. The predicted octanol–water partition coefficient (Wildman–Crippen LogP) is -0.960. The first kappa shape index (κ1) is 10.7. The first-order valence-corrected chi connectivity index (χ1v) is 3.87. The van der Waals surface area contributed by atoms with Crippen molar-refractivity contribution in [2.75, 3.05) is 26.1 Å². The highest BCUT2D eigenvalue weighted by molar-refractivity contribution is 7.81. The minimum atomic E-state index is -0.320. The van der Waals surface area contributed by atoms with Crippen molar-refractivity contribution in [2.24, 2.45) is 0 Å². The van der Waals surface area contributed by atoms with Crippen molar-refractivity contribution in [3.8, 4) is 0 Å². The summed E-state index contributed by atoms with van der Waals surface area (Å²) in [5.41, 5.74) is 0. The Hall–Kier alpha value is -0.260. The van der Waals surface area contributed by atoms with Gasteiger partial charge in [-0.25, -0.2) is 0 Å². The van der Waals surface area contributed by atoms with Crippen molar-refractivity contribution in [3.05, 3.63) is 0 Å². The fourth-order valence-electron chi connectivity index (χ4n) is 0.615. The molecule has 0 radical (unpaired) electrons. The monoisotopic (exact) mass is 179 g/mol. The molecule has 1 amide bonds. The third-order valence-corrected chi connectivity index (χ3v) is 1.38. The zero-order valence-electron chi connectivity index (χ0n) is 6.41. The number of ether oxygens (including phenoxy) is 1. The van der Waals surface area contributed by atoms with Gasteiger partial charge in [-0.3, -0.25) is 4.79 Å². The molecule has 1 atom stereocenters. The fraction of sp³-hybridized carbons (Fsp3) is 0.833. The van der Waals surface area contributed by atoms with Gasteiger partial charge in [-0.15, -0.1) is 0 Å². The van der Waals surface area contributed by atoms with Crippen LogP contribution in [0.15, 0.2) is 0 Å². The number of aliphatic hydroxyl groups excluding tert-OH is 1. The SMILES string of the molecule is COCC(CO)NC(=O)CS. The molecule has 0 aromatic rings. The molecule has 0 heterocycles. The van der Waals surface area contributed by atoms with E-state index in [1.165, 1.54) is 7.11 Å². The van der Waals surface area contributed by atoms with Gasteiger partial charge >= 0.3 is 0 Å². The van der Waals surface area contributed by atoms with Crippen LogP contribution in [0.2, 0.25) is 0 Å². The Morgan fingerprint density at radius 3 is 2.82 bits per heavy atom. The minimum absolute atomic E-state index is 0.118. The van der Waals surface area contributed by atoms with Crippen LogP contribution in [-0.2, 0) is 9.53 Å². The van der Waals surface area contributed by atoms with Gasteiger partial charge in [0.15, 0.2) is 0 Å². The molecule has 5 heteroatoms. The van der Waals surface area contributed by atoms with Gasteiger partial charge in [-0.2, -0.15) is 12.6 Å². The second-order valence-electron chi connectivity index (χ2n) is 2.06. The number of amides is 1. The summed E-state index contributed by atoms with van der Waals surface area (Å²) in [4.78, 5) is 10.7. The van der Waals surface area contributed by atoms with E-state index in [1.807, 2.05) is 0 Å². The number of hydrogen-bond acceptors (Lipinski definition) is 4. The molecule has 0 saturated heterocycles. The van der Waals surface area contributed by atoms with E-state index in [4.69, 9.17) is 9.84 Å². The van der Waals surface area contributed by atoms with E-state index in [2.05, 4.69) is 17.9 Å². The highest BCUT2D eigenvalue weighted by atomic mass is 32.1. The van der Waals surface area contributed by atoms with Crippen LogP contribution >= 0.6 is 12.6 Å².